The van der Waals surface area contributed by atoms with Crippen LogP contribution in [-0.2, 0) is 16.8 Å². The number of hydrogen-bond donors (Lipinski definition) is 2. The van der Waals surface area contributed by atoms with E-state index in [-0.39, 0.29) is 12.3 Å². The number of halogens is 1. The minimum absolute atomic E-state index is 0.0393. The topological polar surface area (TPSA) is 49.3 Å². The van der Waals surface area contributed by atoms with Crippen LogP contribution in [0.25, 0.3) is 0 Å². The molecule has 0 saturated carbocycles. The second-order valence-electron chi connectivity index (χ2n) is 5.54. The van der Waals surface area contributed by atoms with Crippen molar-refractivity contribution in [3.63, 3.8) is 0 Å². The first-order valence-corrected chi connectivity index (χ1v) is 7.64. The van der Waals surface area contributed by atoms with Gasteiger partial charge in [-0.05, 0) is 36.6 Å². The van der Waals surface area contributed by atoms with Crippen LogP contribution in [-0.4, -0.2) is 17.6 Å². The fraction of sp³-hybridized carbons (Fsp3) is 0.278. The summed E-state index contributed by atoms with van der Waals surface area (Å²) in [6, 6.07) is 16.8. The molecule has 2 aromatic rings. The molecular formula is C18H20ClNO2. The van der Waals surface area contributed by atoms with Crippen molar-refractivity contribution in [3.8, 4) is 0 Å². The van der Waals surface area contributed by atoms with Gasteiger partial charge in [-0.25, -0.2) is 0 Å². The van der Waals surface area contributed by atoms with Gasteiger partial charge in [0.1, 0.15) is 0 Å². The van der Waals surface area contributed by atoms with Gasteiger partial charge in [-0.1, -0.05) is 54.1 Å². The van der Waals surface area contributed by atoms with E-state index < -0.39 is 5.60 Å². The number of rotatable bonds is 6. The highest BCUT2D eigenvalue weighted by molar-refractivity contribution is 6.30. The number of amides is 1. The molecule has 22 heavy (non-hydrogen) atoms. The summed E-state index contributed by atoms with van der Waals surface area (Å²) in [5.41, 5.74) is 0.688. The summed E-state index contributed by atoms with van der Waals surface area (Å²) < 4.78 is 0. The van der Waals surface area contributed by atoms with Crippen molar-refractivity contribution in [2.24, 2.45) is 0 Å². The van der Waals surface area contributed by atoms with E-state index in [1.54, 1.807) is 6.92 Å². The Labute approximate surface area is 135 Å². The van der Waals surface area contributed by atoms with Gasteiger partial charge in [0.15, 0.2) is 0 Å². The highest BCUT2D eigenvalue weighted by atomic mass is 35.5. The fourth-order valence-electron chi connectivity index (χ4n) is 2.27. The maximum absolute atomic E-state index is 12.0. The number of hydrogen-bond acceptors (Lipinski definition) is 2. The molecule has 3 nitrogen and oxygen atoms in total. The molecule has 116 valence electrons. The van der Waals surface area contributed by atoms with Crippen molar-refractivity contribution >= 4 is 17.5 Å². The van der Waals surface area contributed by atoms with Crippen LogP contribution in [0.15, 0.2) is 54.6 Å². The lowest BCUT2D eigenvalue weighted by Crippen LogP contribution is -2.33. The lowest BCUT2D eigenvalue weighted by Gasteiger charge is -2.23. The third-order valence-corrected chi connectivity index (χ3v) is 3.80. The van der Waals surface area contributed by atoms with Crippen molar-refractivity contribution < 1.29 is 9.90 Å². The summed E-state index contributed by atoms with van der Waals surface area (Å²) in [6.07, 6.45) is 0.772. The molecule has 1 atom stereocenters. The molecule has 1 amide bonds. The van der Waals surface area contributed by atoms with E-state index in [4.69, 9.17) is 11.6 Å². The van der Waals surface area contributed by atoms with E-state index in [0.717, 1.165) is 17.5 Å². The Bertz CT molecular complexity index is 609. The predicted molar refractivity (Wildman–Crippen MR) is 88.8 cm³/mol. The maximum Gasteiger partial charge on any atom is 0.223 e. The molecule has 0 saturated heterocycles. The Hall–Kier alpha value is -1.84. The standard InChI is InChI=1S/C18H20ClNO2/c1-18(22,15-5-3-2-4-6-15)13-17(21)20-12-11-14-7-9-16(19)10-8-14/h2-10,22H,11-13H2,1H3,(H,20,21). The van der Waals surface area contributed by atoms with Gasteiger partial charge in [-0.15, -0.1) is 0 Å². The summed E-state index contributed by atoms with van der Waals surface area (Å²) >= 11 is 5.83. The van der Waals surface area contributed by atoms with Crippen molar-refractivity contribution in [1.29, 1.82) is 0 Å². The third kappa shape index (κ3) is 4.86. The number of nitrogens with one attached hydrogen (secondary N) is 1. The molecule has 4 heteroatoms. The van der Waals surface area contributed by atoms with Gasteiger partial charge in [0.05, 0.1) is 12.0 Å². The summed E-state index contributed by atoms with van der Waals surface area (Å²) in [6.45, 7) is 2.19. The molecular weight excluding hydrogens is 298 g/mol. The van der Waals surface area contributed by atoms with Crippen molar-refractivity contribution in [1.82, 2.24) is 5.32 Å². The molecule has 0 bridgehead atoms. The van der Waals surface area contributed by atoms with Crippen LogP contribution in [0.4, 0.5) is 0 Å². The molecule has 1 unspecified atom stereocenters. The molecule has 0 fully saturated rings. The molecule has 0 radical (unpaired) electrons. The van der Waals surface area contributed by atoms with Crippen LogP contribution < -0.4 is 5.32 Å². The molecule has 2 aromatic carbocycles. The Morgan fingerprint density at radius 3 is 2.41 bits per heavy atom. The molecule has 2 N–H and O–H groups in total. The summed E-state index contributed by atoms with van der Waals surface area (Å²) in [5.74, 6) is -0.164. The van der Waals surface area contributed by atoms with Crippen molar-refractivity contribution in [3.05, 3.63) is 70.7 Å². The zero-order chi connectivity index (χ0) is 16.0. The van der Waals surface area contributed by atoms with Crippen LogP contribution in [0, 0.1) is 0 Å². The Balaban J connectivity index is 1.81. The van der Waals surface area contributed by atoms with Crippen molar-refractivity contribution in [2.45, 2.75) is 25.4 Å². The molecule has 0 spiro atoms. The molecule has 0 aliphatic rings. The molecule has 0 heterocycles. The van der Waals surface area contributed by atoms with E-state index >= 15 is 0 Å². The smallest absolute Gasteiger partial charge is 0.223 e. The molecule has 0 aliphatic carbocycles. The summed E-state index contributed by atoms with van der Waals surface area (Å²) in [7, 11) is 0. The van der Waals surface area contributed by atoms with Gasteiger partial charge < -0.3 is 10.4 Å². The van der Waals surface area contributed by atoms with Gasteiger partial charge in [0.2, 0.25) is 5.91 Å². The van der Waals surface area contributed by atoms with Gasteiger partial charge in [-0.2, -0.15) is 0 Å². The van der Waals surface area contributed by atoms with Gasteiger partial charge >= 0.3 is 0 Å². The number of carbonyl (C=O) groups is 1. The van der Waals surface area contributed by atoms with Crippen LogP contribution >= 0.6 is 11.6 Å². The average molecular weight is 318 g/mol. The Kier molecular flexibility index (Phi) is 5.58. The summed E-state index contributed by atoms with van der Waals surface area (Å²) in [5, 5.41) is 14.0. The second-order valence-corrected chi connectivity index (χ2v) is 5.98. The van der Waals surface area contributed by atoms with Gasteiger partial charge in [-0.3, -0.25) is 4.79 Å². The van der Waals surface area contributed by atoms with E-state index in [0.29, 0.717) is 11.6 Å². The summed E-state index contributed by atoms with van der Waals surface area (Å²) in [4.78, 5) is 12.0. The normalized spacial score (nSPS) is 13.4. The van der Waals surface area contributed by atoms with Crippen LogP contribution in [0.2, 0.25) is 5.02 Å². The Morgan fingerprint density at radius 2 is 1.77 bits per heavy atom. The quantitative estimate of drug-likeness (QED) is 0.859. The second kappa shape index (κ2) is 7.43. The van der Waals surface area contributed by atoms with Crippen molar-refractivity contribution in [2.75, 3.05) is 6.54 Å². The first-order valence-electron chi connectivity index (χ1n) is 7.26. The van der Waals surface area contributed by atoms with Crippen LogP contribution in [0.3, 0.4) is 0 Å². The van der Waals surface area contributed by atoms with Crippen LogP contribution in [0.1, 0.15) is 24.5 Å². The number of carbonyl (C=O) groups excluding carboxylic acids is 1. The molecule has 2 rings (SSSR count). The van der Waals surface area contributed by atoms with Crippen LogP contribution in [0.5, 0.6) is 0 Å². The highest BCUT2D eigenvalue weighted by Crippen LogP contribution is 2.23. The largest absolute Gasteiger partial charge is 0.385 e. The monoisotopic (exact) mass is 317 g/mol. The number of aliphatic hydroxyl groups is 1. The van der Waals surface area contributed by atoms with E-state index in [1.807, 2.05) is 54.6 Å². The first-order chi connectivity index (χ1) is 10.5. The minimum atomic E-state index is -1.16. The first kappa shape index (κ1) is 16.5. The lowest BCUT2D eigenvalue weighted by molar-refractivity contribution is -0.125. The Morgan fingerprint density at radius 1 is 1.14 bits per heavy atom. The zero-order valence-electron chi connectivity index (χ0n) is 12.6. The molecule has 0 aromatic heterocycles. The minimum Gasteiger partial charge on any atom is -0.385 e. The lowest BCUT2D eigenvalue weighted by atomic mass is 9.92. The van der Waals surface area contributed by atoms with E-state index in [1.165, 1.54) is 0 Å². The number of benzene rings is 2. The van der Waals surface area contributed by atoms with E-state index in [2.05, 4.69) is 5.32 Å². The van der Waals surface area contributed by atoms with Gasteiger partial charge in [0, 0.05) is 11.6 Å². The third-order valence-electron chi connectivity index (χ3n) is 3.55. The maximum atomic E-state index is 12.0. The molecule has 0 aliphatic heterocycles. The predicted octanol–water partition coefficient (Wildman–Crippen LogP) is 3.30. The van der Waals surface area contributed by atoms with E-state index in [9.17, 15) is 9.90 Å². The highest BCUT2D eigenvalue weighted by Gasteiger charge is 2.26. The fourth-order valence-corrected chi connectivity index (χ4v) is 2.40. The zero-order valence-corrected chi connectivity index (χ0v) is 13.3. The SMILES string of the molecule is CC(O)(CC(=O)NCCc1ccc(Cl)cc1)c1ccccc1. The average Bonchev–Trinajstić information content (AvgIpc) is 2.50. The van der Waals surface area contributed by atoms with Gasteiger partial charge in [0.25, 0.3) is 0 Å².